The highest BCUT2D eigenvalue weighted by Crippen LogP contribution is 2.24. The molecule has 112 valence electrons. The Morgan fingerprint density at radius 1 is 1.29 bits per heavy atom. The van der Waals surface area contributed by atoms with E-state index in [0.29, 0.717) is 6.61 Å². The summed E-state index contributed by atoms with van der Waals surface area (Å²) in [5.41, 5.74) is 7.23. The maximum absolute atomic E-state index is 10.7. The average molecular weight is 287 g/mol. The molecule has 5 heteroatoms. The number of para-hydroxylation sites is 2. The highest BCUT2D eigenvalue weighted by Gasteiger charge is 2.05. The summed E-state index contributed by atoms with van der Waals surface area (Å²) in [4.78, 5) is 10.7. The average Bonchev–Trinajstić information content (AvgIpc) is 2.93. The predicted octanol–water partition coefficient (Wildman–Crippen LogP) is 2.37. The number of aromatic nitrogens is 1. The van der Waals surface area contributed by atoms with Crippen molar-refractivity contribution in [3.05, 3.63) is 48.3 Å². The zero-order valence-electron chi connectivity index (χ0n) is 12.2. The molecule has 0 aliphatic heterocycles. The third-order valence-corrected chi connectivity index (χ3v) is 3.22. The van der Waals surface area contributed by atoms with Gasteiger partial charge in [0.05, 0.1) is 25.3 Å². The molecule has 1 aromatic carbocycles. The number of amides is 1. The number of benzene rings is 1. The Morgan fingerprint density at radius 2 is 2.10 bits per heavy atom. The Bertz CT molecular complexity index is 593. The van der Waals surface area contributed by atoms with Crippen LogP contribution in [0, 0.1) is 0 Å². The summed E-state index contributed by atoms with van der Waals surface area (Å²) in [6.07, 6.45) is 2.28. The lowest BCUT2D eigenvalue weighted by molar-refractivity contribution is -0.118. The van der Waals surface area contributed by atoms with Crippen molar-refractivity contribution >= 4 is 11.6 Å². The molecular formula is C16H21N3O2. The van der Waals surface area contributed by atoms with E-state index in [1.165, 1.54) is 5.69 Å². The highest BCUT2D eigenvalue weighted by atomic mass is 16.5. The van der Waals surface area contributed by atoms with Gasteiger partial charge in [-0.3, -0.25) is 4.79 Å². The fraction of sp³-hybridized carbons (Fsp3) is 0.312. The molecule has 1 heterocycles. The quantitative estimate of drug-likeness (QED) is 0.783. The molecule has 3 N–H and O–H groups in total. The first-order chi connectivity index (χ1) is 10.2. The molecule has 1 amide bonds. The van der Waals surface area contributed by atoms with Crippen LogP contribution in [0.4, 0.5) is 5.69 Å². The van der Waals surface area contributed by atoms with Gasteiger partial charge in [0, 0.05) is 18.4 Å². The molecule has 0 spiro atoms. The van der Waals surface area contributed by atoms with Crippen LogP contribution in [0.3, 0.4) is 0 Å². The lowest BCUT2D eigenvalue weighted by Gasteiger charge is -2.13. The van der Waals surface area contributed by atoms with Gasteiger partial charge < -0.3 is 20.4 Å². The molecule has 1 aromatic heterocycles. The number of primary amides is 1. The topological polar surface area (TPSA) is 69.3 Å². The fourth-order valence-electron chi connectivity index (χ4n) is 2.10. The van der Waals surface area contributed by atoms with Gasteiger partial charge in [0.15, 0.2) is 0 Å². The third kappa shape index (κ3) is 4.27. The molecular weight excluding hydrogens is 266 g/mol. The van der Waals surface area contributed by atoms with E-state index in [-0.39, 0.29) is 12.3 Å². The number of carbonyl (C=O) groups excluding carboxylic acids is 1. The summed E-state index contributed by atoms with van der Waals surface area (Å²) in [5.74, 6) is 0.370. The number of rotatable bonds is 8. The van der Waals surface area contributed by atoms with Crippen LogP contribution in [-0.4, -0.2) is 17.1 Å². The Labute approximate surface area is 124 Å². The number of hydrogen-bond acceptors (Lipinski definition) is 3. The summed E-state index contributed by atoms with van der Waals surface area (Å²) >= 11 is 0. The minimum absolute atomic E-state index is 0.215. The van der Waals surface area contributed by atoms with Crippen LogP contribution in [0.15, 0.2) is 42.6 Å². The van der Waals surface area contributed by atoms with E-state index in [1.54, 1.807) is 0 Å². The summed E-state index contributed by atoms with van der Waals surface area (Å²) in [5, 5.41) is 3.37. The Balaban J connectivity index is 1.98. The first-order valence-corrected chi connectivity index (χ1v) is 7.08. The van der Waals surface area contributed by atoms with Gasteiger partial charge in [-0.2, -0.15) is 0 Å². The first kappa shape index (κ1) is 15.0. The van der Waals surface area contributed by atoms with Crippen molar-refractivity contribution in [2.75, 3.05) is 11.9 Å². The van der Waals surface area contributed by atoms with E-state index in [4.69, 9.17) is 10.5 Å². The van der Waals surface area contributed by atoms with Gasteiger partial charge in [0.1, 0.15) is 5.75 Å². The van der Waals surface area contributed by atoms with Crippen LogP contribution in [-0.2, 0) is 17.9 Å². The molecule has 2 aromatic rings. The van der Waals surface area contributed by atoms with Gasteiger partial charge in [-0.05, 0) is 31.2 Å². The van der Waals surface area contributed by atoms with Gasteiger partial charge in [0.25, 0.3) is 0 Å². The largest absolute Gasteiger partial charge is 0.491 e. The minimum atomic E-state index is -0.360. The van der Waals surface area contributed by atoms with Crippen LogP contribution >= 0.6 is 0 Å². The second-order valence-electron chi connectivity index (χ2n) is 4.70. The monoisotopic (exact) mass is 287 g/mol. The van der Waals surface area contributed by atoms with Gasteiger partial charge in [0.2, 0.25) is 5.91 Å². The maximum atomic E-state index is 10.7. The van der Waals surface area contributed by atoms with E-state index < -0.39 is 0 Å². The van der Waals surface area contributed by atoms with Crippen molar-refractivity contribution < 1.29 is 9.53 Å². The molecule has 0 unspecified atom stereocenters. The molecule has 0 atom stereocenters. The van der Waals surface area contributed by atoms with Gasteiger partial charge in [-0.25, -0.2) is 0 Å². The second kappa shape index (κ2) is 7.38. The summed E-state index contributed by atoms with van der Waals surface area (Å²) in [6.45, 7) is 4.07. The fourth-order valence-corrected chi connectivity index (χ4v) is 2.10. The van der Waals surface area contributed by atoms with Crippen molar-refractivity contribution in [1.29, 1.82) is 0 Å². The smallest absolute Gasteiger partial charge is 0.220 e. The number of anilines is 1. The van der Waals surface area contributed by atoms with Crippen LogP contribution < -0.4 is 15.8 Å². The molecule has 2 rings (SSSR count). The Morgan fingerprint density at radius 3 is 2.86 bits per heavy atom. The Hall–Kier alpha value is -2.43. The zero-order valence-corrected chi connectivity index (χ0v) is 12.2. The molecule has 0 aliphatic carbocycles. The number of ether oxygens (including phenoxy) is 1. The van der Waals surface area contributed by atoms with E-state index in [9.17, 15) is 4.79 Å². The number of aryl methyl sites for hydroxylation is 1. The Kier molecular flexibility index (Phi) is 5.26. The highest BCUT2D eigenvalue weighted by molar-refractivity contribution is 5.73. The maximum Gasteiger partial charge on any atom is 0.220 e. The third-order valence-electron chi connectivity index (χ3n) is 3.22. The zero-order chi connectivity index (χ0) is 15.1. The van der Waals surface area contributed by atoms with Crippen molar-refractivity contribution in [2.45, 2.75) is 26.4 Å². The molecule has 21 heavy (non-hydrogen) atoms. The summed E-state index contributed by atoms with van der Waals surface area (Å²) < 4.78 is 7.79. The minimum Gasteiger partial charge on any atom is -0.491 e. The molecule has 0 radical (unpaired) electrons. The second-order valence-corrected chi connectivity index (χ2v) is 4.70. The number of nitrogens with zero attached hydrogens (tertiary/aromatic N) is 1. The standard InChI is InChI=1S/C16H21N3O2/c1-2-19-10-5-6-13(19)12-18-14-7-3-4-8-15(14)21-11-9-16(17)20/h3-8,10,18H,2,9,11-12H2,1H3,(H2,17,20). The van der Waals surface area contributed by atoms with Crippen molar-refractivity contribution in [1.82, 2.24) is 4.57 Å². The molecule has 5 nitrogen and oxygen atoms in total. The van der Waals surface area contributed by atoms with Gasteiger partial charge in [-0.1, -0.05) is 12.1 Å². The van der Waals surface area contributed by atoms with Gasteiger partial charge in [-0.15, -0.1) is 0 Å². The van der Waals surface area contributed by atoms with Crippen molar-refractivity contribution in [2.24, 2.45) is 5.73 Å². The van der Waals surface area contributed by atoms with Crippen molar-refractivity contribution in [3.8, 4) is 5.75 Å². The molecule has 0 saturated heterocycles. The van der Waals surface area contributed by atoms with Crippen LogP contribution in [0.1, 0.15) is 19.0 Å². The molecule has 0 bridgehead atoms. The molecule has 0 saturated carbocycles. The van der Waals surface area contributed by atoms with E-state index in [1.807, 2.05) is 30.3 Å². The summed E-state index contributed by atoms with van der Waals surface area (Å²) in [6, 6.07) is 11.8. The lowest BCUT2D eigenvalue weighted by Crippen LogP contribution is -2.15. The molecule has 0 aliphatic rings. The number of carbonyl (C=O) groups is 1. The summed E-state index contributed by atoms with van der Waals surface area (Å²) in [7, 11) is 0. The normalized spacial score (nSPS) is 10.3. The SMILES string of the molecule is CCn1cccc1CNc1ccccc1OCCC(N)=O. The number of nitrogens with two attached hydrogens (primary N) is 1. The van der Waals surface area contributed by atoms with Crippen LogP contribution in [0.5, 0.6) is 5.75 Å². The predicted molar refractivity (Wildman–Crippen MR) is 83.2 cm³/mol. The van der Waals surface area contributed by atoms with E-state index in [0.717, 1.165) is 24.5 Å². The van der Waals surface area contributed by atoms with Crippen LogP contribution in [0.2, 0.25) is 0 Å². The van der Waals surface area contributed by atoms with E-state index in [2.05, 4.69) is 29.1 Å². The van der Waals surface area contributed by atoms with Crippen LogP contribution in [0.25, 0.3) is 0 Å². The lowest BCUT2D eigenvalue weighted by atomic mass is 10.3. The van der Waals surface area contributed by atoms with Crippen molar-refractivity contribution in [3.63, 3.8) is 0 Å². The first-order valence-electron chi connectivity index (χ1n) is 7.08. The van der Waals surface area contributed by atoms with E-state index >= 15 is 0 Å². The number of nitrogens with one attached hydrogen (secondary N) is 1. The number of hydrogen-bond donors (Lipinski definition) is 2. The molecule has 0 fully saturated rings. The van der Waals surface area contributed by atoms with Gasteiger partial charge >= 0.3 is 0 Å².